The molecule has 1 aromatic rings. The van der Waals surface area contributed by atoms with Crippen LogP contribution in [0.4, 0.5) is 5.82 Å². The predicted molar refractivity (Wildman–Crippen MR) is 96.3 cm³/mol. The topological polar surface area (TPSA) is 98.7 Å². The van der Waals surface area contributed by atoms with Crippen LogP contribution in [-0.2, 0) is 16.6 Å². The zero-order valence-corrected chi connectivity index (χ0v) is 15.8. The van der Waals surface area contributed by atoms with Gasteiger partial charge in [-0.15, -0.1) is 0 Å². The molecule has 4 heterocycles. The fraction of sp³-hybridized carbons (Fsp3) is 0.688. The first-order valence-electron chi connectivity index (χ1n) is 9.13. The van der Waals surface area contributed by atoms with Gasteiger partial charge >= 0.3 is 0 Å². The summed E-state index contributed by atoms with van der Waals surface area (Å²) in [6, 6.07) is 0. The van der Waals surface area contributed by atoms with Gasteiger partial charge in [-0.1, -0.05) is 0 Å². The average molecular weight is 380 g/mol. The summed E-state index contributed by atoms with van der Waals surface area (Å²) in [5.41, 5.74) is 1.32. The molecule has 1 N–H and O–H groups in total. The lowest BCUT2D eigenvalue weighted by atomic mass is 10.1. The van der Waals surface area contributed by atoms with E-state index in [2.05, 4.69) is 20.2 Å². The largest absolute Gasteiger partial charge is 0.354 e. The van der Waals surface area contributed by atoms with Gasteiger partial charge < -0.3 is 10.2 Å². The molecule has 4 rings (SSSR count). The first-order valence-corrected chi connectivity index (χ1v) is 10.5. The molecule has 0 bridgehead atoms. The molecule has 2 fully saturated rings. The molecule has 0 aliphatic carbocycles. The fourth-order valence-corrected chi connectivity index (χ4v) is 5.53. The first kappa shape index (κ1) is 17.6. The number of nitrogens with zero attached hydrogens (tertiary/aromatic N) is 5. The lowest BCUT2D eigenvalue weighted by molar-refractivity contribution is 0.0940. The Kier molecular flexibility index (Phi) is 4.57. The minimum atomic E-state index is -3.36. The Balaban J connectivity index is 1.53. The molecule has 3 aliphatic rings. The second-order valence-electron chi connectivity index (χ2n) is 6.93. The molecule has 0 aromatic carbocycles. The van der Waals surface area contributed by atoms with Gasteiger partial charge in [-0.2, -0.15) is 17.0 Å². The van der Waals surface area contributed by atoms with Gasteiger partial charge in [0.25, 0.3) is 16.1 Å². The molecule has 1 aromatic heterocycles. The summed E-state index contributed by atoms with van der Waals surface area (Å²) >= 11 is 0. The van der Waals surface area contributed by atoms with Crippen molar-refractivity contribution in [2.75, 3.05) is 50.7 Å². The SMILES string of the molecule is Cc1nc2c(c(N3CCN(S(=O)(=O)N4CCCC4)CC3)n1)CCNC2=O. The molecule has 26 heavy (non-hydrogen) atoms. The maximum Gasteiger partial charge on any atom is 0.282 e. The summed E-state index contributed by atoms with van der Waals surface area (Å²) in [6.07, 6.45) is 2.57. The Bertz CT molecular complexity index is 814. The van der Waals surface area contributed by atoms with Crippen LogP contribution in [0.1, 0.15) is 34.7 Å². The second kappa shape index (κ2) is 6.75. The molecule has 0 unspecified atom stereocenters. The van der Waals surface area contributed by atoms with Gasteiger partial charge in [0.15, 0.2) is 0 Å². The van der Waals surface area contributed by atoms with Crippen molar-refractivity contribution in [2.24, 2.45) is 0 Å². The van der Waals surface area contributed by atoms with Gasteiger partial charge in [0, 0.05) is 51.4 Å². The Morgan fingerprint density at radius 2 is 1.62 bits per heavy atom. The van der Waals surface area contributed by atoms with E-state index in [-0.39, 0.29) is 5.91 Å². The van der Waals surface area contributed by atoms with E-state index in [4.69, 9.17) is 0 Å². The van der Waals surface area contributed by atoms with E-state index < -0.39 is 10.2 Å². The molecule has 0 spiro atoms. The molecule has 0 radical (unpaired) electrons. The number of rotatable bonds is 3. The summed E-state index contributed by atoms with van der Waals surface area (Å²) in [5.74, 6) is 1.18. The van der Waals surface area contributed by atoms with Crippen molar-refractivity contribution in [1.29, 1.82) is 0 Å². The maximum atomic E-state index is 12.7. The van der Waals surface area contributed by atoms with E-state index >= 15 is 0 Å². The normalized spacial score (nSPS) is 22.3. The maximum absolute atomic E-state index is 12.7. The van der Waals surface area contributed by atoms with Crippen LogP contribution in [0.5, 0.6) is 0 Å². The summed E-state index contributed by atoms with van der Waals surface area (Å²) in [4.78, 5) is 23.0. The number of amides is 1. The van der Waals surface area contributed by atoms with Crippen molar-refractivity contribution in [3.05, 3.63) is 17.1 Å². The van der Waals surface area contributed by atoms with Crippen LogP contribution in [0.25, 0.3) is 0 Å². The second-order valence-corrected chi connectivity index (χ2v) is 8.86. The molecular weight excluding hydrogens is 356 g/mol. The molecule has 1 amide bonds. The van der Waals surface area contributed by atoms with Gasteiger partial charge in [-0.05, 0) is 26.2 Å². The van der Waals surface area contributed by atoms with Crippen LogP contribution < -0.4 is 10.2 Å². The van der Waals surface area contributed by atoms with E-state index in [1.54, 1.807) is 15.5 Å². The highest BCUT2D eigenvalue weighted by Crippen LogP contribution is 2.26. The fourth-order valence-electron chi connectivity index (χ4n) is 3.86. The van der Waals surface area contributed by atoms with Crippen molar-refractivity contribution in [1.82, 2.24) is 23.9 Å². The Morgan fingerprint density at radius 1 is 0.962 bits per heavy atom. The number of piperazine rings is 1. The number of carbonyl (C=O) groups excluding carboxylic acids is 1. The van der Waals surface area contributed by atoms with E-state index in [0.717, 1.165) is 24.2 Å². The van der Waals surface area contributed by atoms with Gasteiger partial charge in [0.2, 0.25) is 0 Å². The number of anilines is 1. The van der Waals surface area contributed by atoms with Crippen molar-refractivity contribution < 1.29 is 13.2 Å². The van der Waals surface area contributed by atoms with Crippen LogP contribution in [0.15, 0.2) is 0 Å². The minimum Gasteiger partial charge on any atom is -0.354 e. The summed E-state index contributed by atoms with van der Waals surface area (Å²) < 4.78 is 28.6. The number of aryl methyl sites for hydroxylation is 1. The molecule has 2 saturated heterocycles. The number of carbonyl (C=O) groups is 1. The Hall–Kier alpha value is -1.78. The number of aromatic nitrogens is 2. The standard InChI is InChI=1S/C16H24N6O3S/c1-12-18-14-13(4-5-17-16(14)23)15(19-12)20-8-10-22(11-9-20)26(24,25)21-6-2-3-7-21/h2-11H2,1H3,(H,17,23). The Labute approximate surface area is 153 Å². The highest BCUT2D eigenvalue weighted by Gasteiger charge is 2.35. The third kappa shape index (κ3) is 3.06. The van der Waals surface area contributed by atoms with Crippen LogP contribution in [0.3, 0.4) is 0 Å². The van der Waals surface area contributed by atoms with Crippen LogP contribution in [0.2, 0.25) is 0 Å². The van der Waals surface area contributed by atoms with Crippen molar-refractivity contribution in [3.8, 4) is 0 Å². The van der Waals surface area contributed by atoms with Gasteiger partial charge in [-0.25, -0.2) is 9.97 Å². The molecule has 3 aliphatic heterocycles. The van der Waals surface area contributed by atoms with E-state index in [0.29, 0.717) is 63.8 Å². The van der Waals surface area contributed by atoms with E-state index in [9.17, 15) is 13.2 Å². The number of hydrogen-bond donors (Lipinski definition) is 1. The predicted octanol–water partition coefficient (Wildman–Crippen LogP) is -0.466. The quantitative estimate of drug-likeness (QED) is 0.761. The van der Waals surface area contributed by atoms with E-state index in [1.807, 2.05) is 0 Å². The van der Waals surface area contributed by atoms with Gasteiger partial charge in [0.05, 0.1) is 0 Å². The molecule has 9 nitrogen and oxygen atoms in total. The van der Waals surface area contributed by atoms with Crippen molar-refractivity contribution in [3.63, 3.8) is 0 Å². The van der Waals surface area contributed by atoms with Crippen molar-refractivity contribution in [2.45, 2.75) is 26.2 Å². The lowest BCUT2D eigenvalue weighted by Gasteiger charge is -2.37. The number of hydrogen-bond acceptors (Lipinski definition) is 6. The third-order valence-electron chi connectivity index (χ3n) is 5.23. The van der Waals surface area contributed by atoms with Crippen molar-refractivity contribution >= 4 is 21.9 Å². The Morgan fingerprint density at radius 3 is 2.31 bits per heavy atom. The summed E-state index contributed by atoms with van der Waals surface area (Å²) in [7, 11) is -3.36. The molecular formula is C16H24N6O3S. The zero-order valence-electron chi connectivity index (χ0n) is 14.9. The van der Waals surface area contributed by atoms with Crippen LogP contribution in [0, 0.1) is 6.92 Å². The van der Waals surface area contributed by atoms with E-state index in [1.165, 1.54) is 0 Å². The first-order chi connectivity index (χ1) is 12.5. The highest BCUT2D eigenvalue weighted by atomic mass is 32.2. The van der Waals surface area contributed by atoms with Crippen LogP contribution in [-0.4, -0.2) is 78.7 Å². The lowest BCUT2D eigenvalue weighted by Crippen LogP contribution is -2.53. The number of nitrogens with one attached hydrogen (secondary N) is 1. The average Bonchev–Trinajstić information content (AvgIpc) is 3.18. The molecule has 10 heteroatoms. The zero-order chi connectivity index (χ0) is 18.3. The molecule has 0 atom stereocenters. The minimum absolute atomic E-state index is 0.159. The monoisotopic (exact) mass is 380 g/mol. The number of fused-ring (bicyclic) bond motifs is 1. The molecule has 142 valence electrons. The summed E-state index contributed by atoms with van der Waals surface area (Å²) in [5, 5.41) is 2.81. The van der Waals surface area contributed by atoms with Gasteiger partial charge in [-0.3, -0.25) is 4.79 Å². The van der Waals surface area contributed by atoms with Crippen LogP contribution >= 0.6 is 0 Å². The summed E-state index contributed by atoms with van der Waals surface area (Å²) in [6.45, 7) is 5.60. The smallest absolute Gasteiger partial charge is 0.282 e. The third-order valence-corrected chi connectivity index (χ3v) is 7.26. The molecule has 0 saturated carbocycles. The van der Waals surface area contributed by atoms with Gasteiger partial charge in [0.1, 0.15) is 17.3 Å². The highest BCUT2D eigenvalue weighted by molar-refractivity contribution is 7.86.